The molecule has 0 radical (unpaired) electrons. The lowest BCUT2D eigenvalue weighted by atomic mass is 10.3. The lowest BCUT2D eigenvalue weighted by Crippen LogP contribution is -1.85. The molecule has 0 fully saturated rings. The first-order valence-corrected chi connectivity index (χ1v) is 3.83. The van der Waals surface area contributed by atoms with Crippen molar-refractivity contribution in [2.75, 3.05) is 5.32 Å². The molecule has 0 atom stereocenters. The van der Waals surface area contributed by atoms with E-state index in [9.17, 15) is 4.79 Å². The zero-order chi connectivity index (χ0) is 8.81. The summed E-state index contributed by atoms with van der Waals surface area (Å²) in [6.45, 7) is 0. The smallest absolute Gasteiger partial charge is 0.144 e. The quantitative estimate of drug-likeness (QED) is 0.574. The van der Waals surface area contributed by atoms with Crippen LogP contribution >= 0.6 is 11.6 Å². The molecule has 1 N–H and O–H groups in total. The Morgan fingerprint density at radius 3 is 2.50 bits per heavy atom. The predicted octanol–water partition coefficient (Wildman–Crippen LogP) is 2.46. The normalized spacial score (nSPS) is 10.1. The van der Waals surface area contributed by atoms with Gasteiger partial charge in [0.1, 0.15) is 6.29 Å². The van der Waals surface area contributed by atoms with Gasteiger partial charge < -0.3 is 5.32 Å². The summed E-state index contributed by atoms with van der Waals surface area (Å²) in [4.78, 5) is 9.90. The van der Waals surface area contributed by atoms with Crippen molar-refractivity contribution >= 4 is 23.6 Å². The molecule has 1 aromatic carbocycles. The van der Waals surface area contributed by atoms with E-state index in [1.54, 1.807) is 18.3 Å². The van der Waals surface area contributed by atoms with Gasteiger partial charge >= 0.3 is 0 Å². The first-order valence-electron chi connectivity index (χ1n) is 3.45. The molecular formula is C9H8ClNO. The van der Waals surface area contributed by atoms with E-state index in [1.165, 1.54) is 6.08 Å². The third-order valence-corrected chi connectivity index (χ3v) is 1.52. The molecule has 62 valence electrons. The molecule has 12 heavy (non-hydrogen) atoms. The molecule has 1 aromatic rings. The van der Waals surface area contributed by atoms with Gasteiger partial charge in [0, 0.05) is 16.9 Å². The minimum absolute atomic E-state index is 0.694. The second kappa shape index (κ2) is 4.57. The molecule has 0 bridgehead atoms. The minimum Gasteiger partial charge on any atom is -0.362 e. The number of aldehydes is 1. The number of anilines is 1. The Bertz CT molecular complexity index is 279. The van der Waals surface area contributed by atoms with Crippen LogP contribution in [0.4, 0.5) is 5.69 Å². The fourth-order valence-electron chi connectivity index (χ4n) is 0.730. The molecule has 0 saturated carbocycles. The first-order chi connectivity index (χ1) is 5.83. The van der Waals surface area contributed by atoms with E-state index < -0.39 is 0 Å². The van der Waals surface area contributed by atoms with E-state index in [1.807, 2.05) is 12.1 Å². The number of halogens is 1. The summed E-state index contributed by atoms with van der Waals surface area (Å²) in [7, 11) is 0. The molecule has 0 amide bonds. The zero-order valence-corrected chi connectivity index (χ0v) is 7.08. The highest BCUT2D eigenvalue weighted by molar-refractivity contribution is 6.30. The van der Waals surface area contributed by atoms with Crippen molar-refractivity contribution in [1.29, 1.82) is 0 Å². The second-order valence-electron chi connectivity index (χ2n) is 2.15. The van der Waals surface area contributed by atoms with Crippen molar-refractivity contribution in [3.05, 3.63) is 41.6 Å². The van der Waals surface area contributed by atoms with Crippen molar-refractivity contribution in [3.8, 4) is 0 Å². The molecule has 0 aliphatic heterocycles. The lowest BCUT2D eigenvalue weighted by Gasteiger charge is -1.98. The van der Waals surface area contributed by atoms with Crippen LogP contribution < -0.4 is 5.32 Å². The molecule has 0 heterocycles. The van der Waals surface area contributed by atoms with Crippen molar-refractivity contribution in [1.82, 2.24) is 0 Å². The second-order valence-corrected chi connectivity index (χ2v) is 2.58. The highest BCUT2D eigenvalue weighted by Gasteiger charge is 1.87. The minimum atomic E-state index is 0.694. The van der Waals surface area contributed by atoms with Crippen LogP contribution in [0, 0.1) is 0 Å². The fraction of sp³-hybridized carbons (Fsp3) is 0. The Morgan fingerprint density at radius 2 is 1.92 bits per heavy atom. The van der Waals surface area contributed by atoms with E-state index in [4.69, 9.17) is 11.6 Å². The number of carbonyl (C=O) groups excluding carboxylic acids is 1. The van der Waals surface area contributed by atoms with Crippen LogP contribution in [0.15, 0.2) is 36.5 Å². The SMILES string of the molecule is O=C/C=C/Nc1ccc(Cl)cc1. The van der Waals surface area contributed by atoms with E-state index in [-0.39, 0.29) is 0 Å². The van der Waals surface area contributed by atoms with Crippen molar-refractivity contribution in [2.45, 2.75) is 0 Å². The van der Waals surface area contributed by atoms with E-state index in [0.717, 1.165) is 5.69 Å². The summed E-state index contributed by atoms with van der Waals surface area (Å²) in [6, 6.07) is 7.21. The van der Waals surface area contributed by atoms with Gasteiger partial charge in [-0.2, -0.15) is 0 Å². The summed E-state index contributed by atoms with van der Waals surface area (Å²) in [5.41, 5.74) is 0.900. The molecular weight excluding hydrogens is 174 g/mol. The van der Waals surface area contributed by atoms with Crippen LogP contribution in [-0.2, 0) is 4.79 Å². The maximum absolute atomic E-state index is 9.90. The van der Waals surface area contributed by atoms with Gasteiger partial charge in [0.25, 0.3) is 0 Å². The molecule has 2 nitrogen and oxygen atoms in total. The number of benzene rings is 1. The molecule has 3 heteroatoms. The standard InChI is InChI=1S/C9H8ClNO/c10-8-2-4-9(5-3-8)11-6-1-7-12/h1-7,11H/b6-1+. The number of allylic oxidation sites excluding steroid dienone is 1. The van der Waals surface area contributed by atoms with Crippen LogP contribution in [0.25, 0.3) is 0 Å². The number of rotatable bonds is 3. The summed E-state index contributed by atoms with van der Waals surface area (Å²) in [5.74, 6) is 0. The summed E-state index contributed by atoms with van der Waals surface area (Å²) in [5, 5.41) is 3.60. The zero-order valence-electron chi connectivity index (χ0n) is 6.33. The van der Waals surface area contributed by atoms with E-state index in [2.05, 4.69) is 5.32 Å². The third-order valence-electron chi connectivity index (χ3n) is 1.27. The van der Waals surface area contributed by atoms with E-state index in [0.29, 0.717) is 11.3 Å². The molecule has 0 spiro atoms. The lowest BCUT2D eigenvalue weighted by molar-refractivity contribution is -0.104. The third kappa shape index (κ3) is 2.76. The Kier molecular flexibility index (Phi) is 3.35. The summed E-state index contributed by atoms with van der Waals surface area (Å²) >= 11 is 5.67. The van der Waals surface area contributed by atoms with Crippen molar-refractivity contribution in [3.63, 3.8) is 0 Å². The average molecular weight is 182 g/mol. The molecule has 0 aliphatic rings. The Balaban J connectivity index is 2.58. The van der Waals surface area contributed by atoms with Crippen LogP contribution in [-0.4, -0.2) is 6.29 Å². The molecule has 0 unspecified atom stereocenters. The van der Waals surface area contributed by atoms with Gasteiger partial charge in [0.2, 0.25) is 0 Å². The van der Waals surface area contributed by atoms with Crippen LogP contribution in [0.3, 0.4) is 0 Å². The van der Waals surface area contributed by atoms with Gasteiger partial charge in [-0.15, -0.1) is 0 Å². The highest BCUT2D eigenvalue weighted by atomic mass is 35.5. The first kappa shape index (κ1) is 8.81. The number of hydrogen-bond acceptors (Lipinski definition) is 2. The van der Waals surface area contributed by atoms with Crippen LogP contribution in [0.2, 0.25) is 5.02 Å². The van der Waals surface area contributed by atoms with Crippen LogP contribution in [0.1, 0.15) is 0 Å². The molecule has 0 aromatic heterocycles. The van der Waals surface area contributed by atoms with Gasteiger partial charge in [0.05, 0.1) is 0 Å². The van der Waals surface area contributed by atoms with Crippen molar-refractivity contribution < 1.29 is 4.79 Å². The fourth-order valence-corrected chi connectivity index (χ4v) is 0.856. The monoisotopic (exact) mass is 181 g/mol. The van der Waals surface area contributed by atoms with Gasteiger partial charge in [-0.1, -0.05) is 11.6 Å². The van der Waals surface area contributed by atoms with Gasteiger partial charge in [-0.3, -0.25) is 4.79 Å². The largest absolute Gasteiger partial charge is 0.362 e. The molecule has 0 aliphatic carbocycles. The number of carbonyl (C=O) groups is 1. The Morgan fingerprint density at radius 1 is 1.25 bits per heavy atom. The Labute approximate surface area is 75.9 Å². The number of hydrogen-bond donors (Lipinski definition) is 1. The maximum atomic E-state index is 9.90. The van der Waals surface area contributed by atoms with Gasteiger partial charge in [-0.25, -0.2) is 0 Å². The van der Waals surface area contributed by atoms with Crippen LogP contribution in [0.5, 0.6) is 0 Å². The topological polar surface area (TPSA) is 29.1 Å². The molecule has 1 rings (SSSR count). The maximum Gasteiger partial charge on any atom is 0.144 e. The highest BCUT2D eigenvalue weighted by Crippen LogP contribution is 2.12. The summed E-state index contributed by atoms with van der Waals surface area (Å²) in [6.07, 6.45) is 3.66. The van der Waals surface area contributed by atoms with Crippen molar-refractivity contribution in [2.24, 2.45) is 0 Å². The van der Waals surface area contributed by atoms with Gasteiger partial charge in [-0.05, 0) is 30.3 Å². The predicted molar refractivity (Wildman–Crippen MR) is 50.3 cm³/mol. The summed E-state index contributed by atoms with van der Waals surface area (Å²) < 4.78 is 0. The Hall–Kier alpha value is -1.28. The average Bonchev–Trinajstić information content (AvgIpc) is 2.09. The van der Waals surface area contributed by atoms with E-state index >= 15 is 0 Å². The van der Waals surface area contributed by atoms with Gasteiger partial charge in [0.15, 0.2) is 0 Å². The number of nitrogens with one attached hydrogen (secondary N) is 1. The molecule has 0 saturated heterocycles.